The van der Waals surface area contributed by atoms with E-state index in [-0.39, 0.29) is 25.4 Å². The van der Waals surface area contributed by atoms with Crippen molar-refractivity contribution in [1.82, 2.24) is 9.80 Å². The third-order valence-corrected chi connectivity index (χ3v) is 3.56. The lowest BCUT2D eigenvalue weighted by molar-refractivity contribution is -0.145. The molecule has 0 spiro atoms. The Labute approximate surface area is 100 Å². The van der Waals surface area contributed by atoms with E-state index in [0.29, 0.717) is 0 Å². The number of carbonyl (C=O) groups is 2. The number of carbonyl (C=O) groups excluding carboxylic acids is 2. The average molecular weight is 242 g/mol. The lowest BCUT2D eigenvalue weighted by atomic mass is 9.76. The van der Waals surface area contributed by atoms with Crippen LogP contribution in [-0.2, 0) is 19.1 Å². The lowest BCUT2D eigenvalue weighted by Gasteiger charge is -2.37. The first-order valence-corrected chi connectivity index (χ1v) is 5.59. The van der Waals surface area contributed by atoms with Gasteiger partial charge in [-0.05, 0) is 14.1 Å². The normalized spacial score (nSPS) is 31.8. The minimum atomic E-state index is -0.551. The summed E-state index contributed by atoms with van der Waals surface area (Å²) in [4.78, 5) is 27.2. The Morgan fingerprint density at radius 3 is 1.59 bits per heavy atom. The molecule has 0 N–H and O–H groups in total. The zero-order chi connectivity index (χ0) is 12.8. The molecular formula is C11H18N2O4. The summed E-state index contributed by atoms with van der Waals surface area (Å²) < 4.78 is 10.0. The molecule has 0 aromatic rings. The van der Waals surface area contributed by atoms with Crippen LogP contribution in [0.1, 0.15) is 13.8 Å². The van der Waals surface area contributed by atoms with Gasteiger partial charge in [0, 0.05) is 5.41 Å². The van der Waals surface area contributed by atoms with Crippen LogP contribution in [0.4, 0.5) is 0 Å². The molecule has 0 saturated carbocycles. The van der Waals surface area contributed by atoms with Crippen LogP contribution in [0.15, 0.2) is 0 Å². The first-order valence-electron chi connectivity index (χ1n) is 5.59. The number of ether oxygens (including phenoxy) is 2. The number of esters is 2. The van der Waals surface area contributed by atoms with Crippen molar-refractivity contribution < 1.29 is 19.1 Å². The van der Waals surface area contributed by atoms with Gasteiger partial charge >= 0.3 is 11.9 Å². The van der Waals surface area contributed by atoms with Gasteiger partial charge in [-0.25, -0.2) is 0 Å². The van der Waals surface area contributed by atoms with Crippen LogP contribution in [0.5, 0.6) is 0 Å². The molecule has 2 fully saturated rings. The molecule has 2 atom stereocenters. The molecule has 0 aromatic heterocycles. The predicted octanol–water partition coefficient (Wildman–Crippen LogP) is -0.358. The highest BCUT2D eigenvalue weighted by Gasteiger charge is 2.54. The molecule has 0 bridgehead atoms. The molecule has 96 valence electrons. The number of hydrogen-bond donors (Lipinski definition) is 0. The Hall–Kier alpha value is -1.14. The monoisotopic (exact) mass is 242 g/mol. The van der Waals surface area contributed by atoms with Gasteiger partial charge in [0.05, 0.1) is 0 Å². The second kappa shape index (κ2) is 3.96. The summed E-state index contributed by atoms with van der Waals surface area (Å²) in [6, 6.07) is -0.832. The van der Waals surface area contributed by atoms with E-state index in [9.17, 15) is 9.59 Å². The Kier molecular flexibility index (Phi) is 2.87. The van der Waals surface area contributed by atoms with Crippen LogP contribution in [-0.4, -0.2) is 61.4 Å². The highest BCUT2D eigenvalue weighted by atomic mass is 16.6. The van der Waals surface area contributed by atoms with E-state index >= 15 is 0 Å². The highest BCUT2D eigenvalue weighted by molar-refractivity contribution is 5.83. The Morgan fingerprint density at radius 2 is 1.35 bits per heavy atom. The van der Waals surface area contributed by atoms with Crippen LogP contribution in [0, 0.1) is 5.41 Å². The van der Waals surface area contributed by atoms with Crippen molar-refractivity contribution in [1.29, 1.82) is 0 Å². The summed E-state index contributed by atoms with van der Waals surface area (Å²) in [6.07, 6.45) is 0. The van der Waals surface area contributed by atoms with Crippen molar-refractivity contribution >= 4 is 11.9 Å². The predicted molar refractivity (Wildman–Crippen MR) is 58.8 cm³/mol. The van der Waals surface area contributed by atoms with Crippen LogP contribution in [0.25, 0.3) is 0 Å². The van der Waals surface area contributed by atoms with Crippen molar-refractivity contribution in [2.24, 2.45) is 5.41 Å². The van der Waals surface area contributed by atoms with E-state index in [0.717, 1.165) is 0 Å². The quantitative estimate of drug-likeness (QED) is 0.616. The van der Waals surface area contributed by atoms with E-state index in [2.05, 4.69) is 0 Å². The molecular weight excluding hydrogens is 224 g/mol. The maximum atomic E-state index is 11.8. The van der Waals surface area contributed by atoms with Gasteiger partial charge in [-0.1, -0.05) is 13.8 Å². The van der Waals surface area contributed by atoms with E-state index in [1.165, 1.54) is 0 Å². The number of cyclic esters (lactones) is 2. The second-order valence-electron chi connectivity index (χ2n) is 5.33. The summed E-state index contributed by atoms with van der Waals surface area (Å²) in [5.74, 6) is -0.545. The van der Waals surface area contributed by atoms with E-state index < -0.39 is 17.5 Å². The molecule has 0 aliphatic carbocycles. The van der Waals surface area contributed by atoms with Gasteiger partial charge in [0.15, 0.2) is 0 Å². The van der Waals surface area contributed by atoms with E-state index in [4.69, 9.17) is 9.47 Å². The highest BCUT2D eigenvalue weighted by Crippen LogP contribution is 2.37. The molecule has 6 nitrogen and oxygen atoms in total. The van der Waals surface area contributed by atoms with Crippen LogP contribution in [0.3, 0.4) is 0 Å². The Bertz CT molecular complexity index is 323. The molecule has 0 radical (unpaired) electrons. The number of hydrogen-bond acceptors (Lipinski definition) is 6. The Morgan fingerprint density at radius 1 is 1.00 bits per heavy atom. The van der Waals surface area contributed by atoms with Crippen molar-refractivity contribution in [2.45, 2.75) is 25.9 Å². The summed E-state index contributed by atoms with van der Waals surface area (Å²) in [5, 5.41) is 0. The first-order chi connectivity index (χ1) is 7.85. The van der Waals surface area contributed by atoms with Gasteiger partial charge in [0.1, 0.15) is 25.5 Å². The molecule has 2 unspecified atom stereocenters. The largest absolute Gasteiger partial charge is 0.448 e. The lowest BCUT2D eigenvalue weighted by Crippen LogP contribution is -2.55. The minimum absolute atomic E-state index is 0.273. The SMILES string of the molecule is CN1COC(=O)C1C(C)(C)C1C(=O)OCN1C. The minimum Gasteiger partial charge on any atom is -0.448 e. The zero-order valence-corrected chi connectivity index (χ0v) is 10.6. The summed E-state index contributed by atoms with van der Waals surface area (Å²) in [6.45, 7) is 4.35. The van der Waals surface area contributed by atoms with Gasteiger partial charge in [0.2, 0.25) is 0 Å². The molecule has 17 heavy (non-hydrogen) atoms. The second-order valence-corrected chi connectivity index (χ2v) is 5.33. The molecule has 2 saturated heterocycles. The maximum Gasteiger partial charge on any atom is 0.325 e. The number of likely N-dealkylation sites (N-methyl/N-ethyl adjacent to an activating group) is 2. The summed E-state index contributed by atoms with van der Waals surface area (Å²) >= 11 is 0. The molecule has 2 heterocycles. The third-order valence-electron chi connectivity index (χ3n) is 3.56. The zero-order valence-electron chi connectivity index (χ0n) is 10.6. The molecule has 0 amide bonds. The third kappa shape index (κ3) is 1.81. The van der Waals surface area contributed by atoms with Crippen molar-refractivity contribution in [3.8, 4) is 0 Å². The van der Waals surface area contributed by atoms with Crippen molar-refractivity contribution in [3.05, 3.63) is 0 Å². The van der Waals surface area contributed by atoms with Crippen LogP contribution in [0.2, 0.25) is 0 Å². The van der Waals surface area contributed by atoms with Gasteiger partial charge in [-0.2, -0.15) is 0 Å². The van der Waals surface area contributed by atoms with Gasteiger partial charge < -0.3 is 9.47 Å². The topological polar surface area (TPSA) is 59.1 Å². The van der Waals surface area contributed by atoms with E-state index in [1.807, 2.05) is 37.7 Å². The van der Waals surface area contributed by atoms with Gasteiger partial charge in [-0.15, -0.1) is 0 Å². The van der Waals surface area contributed by atoms with Crippen LogP contribution >= 0.6 is 0 Å². The van der Waals surface area contributed by atoms with Gasteiger partial charge in [0.25, 0.3) is 0 Å². The fourth-order valence-electron chi connectivity index (χ4n) is 2.89. The van der Waals surface area contributed by atoms with Crippen molar-refractivity contribution in [3.63, 3.8) is 0 Å². The smallest absolute Gasteiger partial charge is 0.325 e. The molecule has 2 aliphatic rings. The fourth-order valence-corrected chi connectivity index (χ4v) is 2.89. The molecule has 2 aliphatic heterocycles. The Balaban J connectivity index is 2.28. The standard InChI is InChI=1S/C11H18N2O4/c1-11(2,7-9(14)16-5-12(7)3)8-10(15)17-6-13(8)4/h7-8H,5-6H2,1-4H3. The summed E-state index contributed by atoms with van der Waals surface area (Å²) in [5.41, 5.74) is -0.551. The first kappa shape index (κ1) is 12.3. The van der Waals surface area contributed by atoms with E-state index in [1.54, 1.807) is 0 Å². The molecule has 0 aromatic carbocycles. The summed E-state index contributed by atoms with van der Waals surface area (Å²) in [7, 11) is 3.63. The molecule has 2 rings (SSSR count). The number of nitrogens with zero attached hydrogens (tertiary/aromatic N) is 2. The average Bonchev–Trinajstić information content (AvgIpc) is 2.71. The van der Waals surface area contributed by atoms with Crippen molar-refractivity contribution in [2.75, 3.05) is 27.6 Å². The molecule has 6 heteroatoms. The van der Waals surface area contributed by atoms with Crippen LogP contribution < -0.4 is 0 Å². The number of rotatable bonds is 2. The maximum absolute atomic E-state index is 11.8. The van der Waals surface area contributed by atoms with Gasteiger partial charge in [-0.3, -0.25) is 19.4 Å². The fraction of sp³-hybridized carbons (Fsp3) is 0.818.